The van der Waals surface area contributed by atoms with Gasteiger partial charge in [0.1, 0.15) is 0 Å². The van der Waals surface area contributed by atoms with Crippen LogP contribution in [0.15, 0.2) is 0 Å². The predicted octanol–water partition coefficient (Wildman–Crippen LogP) is -1.60. The molecule has 0 spiro atoms. The summed E-state index contributed by atoms with van der Waals surface area (Å²) in [6.07, 6.45) is 0. The molecule has 4 N–H and O–H groups in total. The van der Waals surface area contributed by atoms with E-state index < -0.39 is 10.4 Å². The van der Waals surface area contributed by atoms with E-state index in [1.807, 2.05) is 0 Å². The molecule has 0 fully saturated rings. The van der Waals surface area contributed by atoms with Crippen LogP contribution >= 0.6 is 0 Å². The Hall–Kier alpha value is 0.214. The van der Waals surface area contributed by atoms with Gasteiger partial charge in [-0.25, -0.2) is 0 Å². The van der Waals surface area contributed by atoms with Crippen molar-refractivity contribution in [1.29, 1.82) is 0 Å². The van der Waals surface area contributed by atoms with Crippen LogP contribution in [0.25, 0.3) is 0 Å². The molecule has 0 unspecified atom stereocenters. The molecular weight excluding hydrogens is 179 g/mol. The maximum atomic E-state index is 8.74. The van der Waals surface area contributed by atoms with Gasteiger partial charge in [-0.1, -0.05) is 0 Å². The molecule has 6 nitrogen and oxygen atoms in total. The van der Waals surface area contributed by atoms with E-state index in [4.69, 9.17) is 21.2 Å². The summed E-state index contributed by atoms with van der Waals surface area (Å²) in [6.45, 7) is 0. The molecule has 51 valence electrons. The first-order chi connectivity index (χ1) is 3.00. The van der Waals surface area contributed by atoms with Gasteiger partial charge in [0.25, 0.3) is 0 Å². The standard InChI is InChI=1S/H2O4S.H2O.O.V/c1-5(2,3)4;;;/h(H2,1,2,3,4);1H2;;. The van der Waals surface area contributed by atoms with Gasteiger partial charge >= 0.3 is 31.4 Å². The van der Waals surface area contributed by atoms with Crippen LogP contribution < -0.4 is 0 Å². The van der Waals surface area contributed by atoms with Crippen molar-refractivity contribution in [3.05, 3.63) is 0 Å². The van der Waals surface area contributed by atoms with E-state index in [9.17, 15) is 0 Å². The summed E-state index contributed by atoms with van der Waals surface area (Å²) in [5.41, 5.74) is 0. The normalized spacial score (nSPS) is 7.62. The van der Waals surface area contributed by atoms with E-state index in [0.717, 1.165) is 17.4 Å². The molecule has 0 saturated carbocycles. The molecule has 0 rings (SSSR count). The topological polar surface area (TPSA) is 123 Å². The van der Waals surface area contributed by atoms with Gasteiger partial charge < -0.3 is 5.48 Å². The Morgan fingerprint density at radius 3 is 1.12 bits per heavy atom. The van der Waals surface area contributed by atoms with Gasteiger partial charge in [0, 0.05) is 0 Å². The summed E-state index contributed by atoms with van der Waals surface area (Å²) < 4.78 is 39.8. The minimum atomic E-state index is -4.67. The summed E-state index contributed by atoms with van der Waals surface area (Å²) in [5, 5.41) is 0. The average molecular weight is 183 g/mol. The maximum absolute atomic E-state index is 8.74. The van der Waals surface area contributed by atoms with Crippen molar-refractivity contribution in [1.82, 2.24) is 0 Å². The number of hydrogen-bond donors (Lipinski definition) is 2. The van der Waals surface area contributed by atoms with Crippen molar-refractivity contribution in [3.63, 3.8) is 0 Å². The van der Waals surface area contributed by atoms with E-state index in [-0.39, 0.29) is 5.48 Å². The first-order valence-corrected chi connectivity index (χ1v) is 2.85. The Balaban J connectivity index is -0.0000000750. The molecule has 0 bridgehead atoms. The molecule has 8 heteroatoms. The first kappa shape index (κ1) is 15.7. The fraction of sp³-hybridized carbons (Fsp3) is 0. The molecule has 0 heterocycles. The van der Waals surface area contributed by atoms with Gasteiger partial charge in [-0.05, 0) is 0 Å². The Morgan fingerprint density at radius 1 is 1.12 bits per heavy atom. The van der Waals surface area contributed by atoms with Crippen LogP contribution in [-0.2, 0) is 31.4 Å². The second kappa shape index (κ2) is 7.21. The van der Waals surface area contributed by atoms with Crippen molar-refractivity contribution in [2.45, 2.75) is 0 Å². The zero-order valence-corrected chi connectivity index (χ0v) is 5.69. The molecule has 0 aromatic carbocycles. The minimum absolute atomic E-state index is 0. The number of hydrogen-bond acceptors (Lipinski definition) is 3. The zero-order chi connectivity index (χ0) is 6.50. The quantitative estimate of drug-likeness (QED) is 0.437. The molecule has 0 aromatic heterocycles. The van der Waals surface area contributed by atoms with Crippen molar-refractivity contribution in [2.75, 3.05) is 0 Å². The van der Waals surface area contributed by atoms with Crippen LogP contribution in [0.2, 0.25) is 0 Å². The Morgan fingerprint density at radius 2 is 1.12 bits per heavy atom. The molecule has 0 radical (unpaired) electrons. The van der Waals surface area contributed by atoms with Crippen LogP contribution in [0.5, 0.6) is 0 Å². The second-order valence-electron chi connectivity index (χ2n) is 0.448. The summed E-state index contributed by atoms with van der Waals surface area (Å²) in [6, 6.07) is 0. The van der Waals surface area contributed by atoms with Crippen molar-refractivity contribution >= 4 is 10.4 Å². The van der Waals surface area contributed by atoms with Crippen molar-refractivity contribution in [2.24, 2.45) is 0 Å². The summed E-state index contributed by atoms with van der Waals surface area (Å²) in [4.78, 5) is 0. The molecule has 0 amide bonds. The van der Waals surface area contributed by atoms with Gasteiger partial charge in [-0.2, -0.15) is 8.42 Å². The summed E-state index contributed by atoms with van der Waals surface area (Å²) in [7, 11) is -4.67. The molecule has 8 heavy (non-hydrogen) atoms. The Labute approximate surface area is 55.0 Å². The van der Waals surface area contributed by atoms with Crippen LogP contribution in [0, 0.1) is 0 Å². The monoisotopic (exact) mass is 183 g/mol. The fourth-order valence-electron chi connectivity index (χ4n) is 0. The molecule has 0 aliphatic heterocycles. The molecule has 0 aliphatic rings. The average Bonchev–Trinajstić information content (AvgIpc) is 1.36. The molecule has 0 aliphatic carbocycles. The Bertz CT molecular complexity index is 102. The fourth-order valence-corrected chi connectivity index (χ4v) is 0. The van der Waals surface area contributed by atoms with E-state index in [1.165, 1.54) is 0 Å². The van der Waals surface area contributed by atoms with Gasteiger partial charge in [0.05, 0.1) is 0 Å². The van der Waals surface area contributed by atoms with Gasteiger partial charge in [0.2, 0.25) is 0 Å². The summed E-state index contributed by atoms with van der Waals surface area (Å²) >= 11 is 1.06. The van der Waals surface area contributed by atoms with Crippen molar-refractivity contribution < 1.29 is 44.0 Å². The van der Waals surface area contributed by atoms with Crippen LogP contribution in [-0.4, -0.2) is 23.0 Å². The summed E-state index contributed by atoms with van der Waals surface area (Å²) in [5.74, 6) is 0. The predicted molar refractivity (Wildman–Crippen MR) is 18.5 cm³/mol. The van der Waals surface area contributed by atoms with E-state index in [2.05, 4.69) is 0 Å². The third-order valence-corrected chi connectivity index (χ3v) is 0. The van der Waals surface area contributed by atoms with Gasteiger partial charge in [-0.3, -0.25) is 9.11 Å². The van der Waals surface area contributed by atoms with Crippen LogP contribution in [0.4, 0.5) is 0 Å². The van der Waals surface area contributed by atoms with Gasteiger partial charge in [-0.15, -0.1) is 0 Å². The second-order valence-corrected chi connectivity index (χ2v) is 1.34. The third kappa shape index (κ3) is 3680. The van der Waals surface area contributed by atoms with E-state index >= 15 is 0 Å². The van der Waals surface area contributed by atoms with Gasteiger partial charge in [0.15, 0.2) is 0 Å². The molecule has 0 saturated heterocycles. The SMILES string of the molecule is O.O=S(=O)(O)O.[O]=[V]. The zero-order valence-electron chi connectivity index (χ0n) is 3.47. The number of rotatable bonds is 0. The Kier molecular flexibility index (Phi) is 14.2. The third-order valence-electron chi connectivity index (χ3n) is 0. The van der Waals surface area contributed by atoms with Crippen LogP contribution in [0.1, 0.15) is 0 Å². The van der Waals surface area contributed by atoms with Crippen molar-refractivity contribution in [3.8, 4) is 0 Å². The van der Waals surface area contributed by atoms with Crippen LogP contribution in [0.3, 0.4) is 0 Å². The van der Waals surface area contributed by atoms with E-state index in [0.29, 0.717) is 0 Å². The molecule has 0 aromatic rings. The van der Waals surface area contributed by atoms with E-state index in [1.54, 1.807) is 0 Å². The first-order valence-electron chi connectivity index (χ1n) is 0.881. The molecule has 0 atom stereocenters. The molecular formula is H4O6SV.